The number of carbonyl (C=O) groups excluding carboxylic acids is 1. The van der Waals surface area contributed by atoms with Gasteiger partial charge in [-0.1, -0.05) is 19.0 Å². The maximum atomic E-state index is 12.9. The van der Waals surface area contributed by atoms with Crippen molar-refractivity contribution in [1.82, 2.24) is 0 Å². The molecular weight excluding hydrogens is 261 g/mol. The molecule has 0 fully saturated rings. The molecule has 6 heteroatoms. The van der Waals surface area contributed by atoms with Crippen LogP contribution in [0.5, 0.6) is 0 Å². The van der Waals surface area contributed by atoms with Crippen LogP contribution in [0.1, 0.15) is 26.7 Å². The Labute approximate surface area is 117 Å². The van der Waals surface area contributed by atoms with Crippen molar-refractivity contribution >= 4 is 17.4 Å². The molecule has 3 N–H and O–H groups in total. The number of rotatable bonds is 5. The number of anilines is 1. The van der Waals surface area contributed by atoms with E-state index in [9.17, 15) is 9.18 Å². The van der Waals surface area contributed by atoms with E-state index in [2.05, 4.69) is 5.16 Å². The van der Waals surface area contributed by atoms with Crippen molar-refractivity contribution < 1.29 is 14.4 Å². The maximum Gasteiger partial charge on any atom is 0.240 e. The number of nitrogens with zero attached hydrogens (tertiary/aromatic N) is 2. The number of benzene rings is 1. The fourth-order valence-electron chi connectivity index (χ4n) is 2.22. The second kappa shape index (κ2) is 6.36. The smallest absolute Gasteiger partial charge is 0.240 e. The topological polar surface area (TPSA) is 78.9 Å². The van der Waals surface area contributed by atoms with Crippen molar-refractivity contribution in [2.75, 3.05) is 11.9 Å². The van der Waals surface area contributed by atoms with Crippen molar-refractivity contribution in [1.29, 1.82) is 0 Å². The number of halogens is 1. The largest absolute Gasteiger partial charge is 0.409 e. The molecule has 0 aromatic heterocycles. The molecule has 110 valence electrons. The van der Waals surface area contributed by atoms with Gasteiger partial charge in [-0.25, -0.2) is 4.39 Å². The zero-order valence-electron chi connectivity index (χ0n) is 11.9. The van der Waals surface area contributed by atoms with Crippen LogP contribution in [-0.4, -0.2) is 24.0 Å². The zero-order chi connectivity index (χ0) is 15.3. The second-order valence-electron chi connectivity index (χ2n) is 4.62. The molecule has 0 heterocycles. The molecule has 20 heavy (non-hydrogen) atoms. The molecule has 0 aliphatic heterocycles. The molecule has 0 radical (unpaired) electrons. The molecule has 0 atom stereocenters. The summed E-state index contributed by atoms with van der Waals surface area (Å²) >= 11 is 0. The first kappa shape index (κ1) is 15.9. The first-order valence-corrected chi connectivity index (χ1v) is 6.44. The van der Waals surface area contributed by atoms with Crippen LogP contribution < -0.4 is 10.6 Å². The third-order valence-corrected chi connectivity index (χ3v) is 3.73. The van der Waals surface area contributed by atoms with Gasteiger partial charge in [0.15, 0.2) is 5.84 Å². The number of amides is 1. The Kier molecular flexibility index (Phi) is 5.07. The Morgan fingerprint density at radius 2 is 1.85 bits per heavy atom. The molecule has 1 rings (SSSR count). The molecule has 0 aliphatic rings. The van der Waals surface area contributed by atoms with Gasteiger partial charge in [-0.05, 0) is 37.1 Å². The molecule has 0 saturated carbocycles. The van der Waals surface area contributed by atoms with Gasteiger partial charge in [-0.3, -0.25) is 4.79 Å². The van der Waals surface area contributed by atoms with Gasteiger partial charge in [0.05, 0.1) is 0 Å². The molecule has 0 saturated heterocycles. The first-order valence-electron chi connectivity index (χ1n) is 6.44. The van der Waals surface area contributed by atoms with Crippen LogP contribution in [-0.2, 0) is 4.79 Å². The van der Waals surface area contributed by atoms with Gasteiger partial charge in [0.1, 0.15) is 11.2 Å². The number of nitrogens with two attached hydrogens (primary N) is 1. The van der Waals surface area contributed by atoms with Gasteiger partial charge in [0.2, 0.25) is 5.91 Å². The standard InChI is InChI=1S/C14H20FN3O2/c1-4-14(5-2,12(16)17-20)13(19)18(3)11-8-6-10(15)7-9-11/h6-9,20H,4-5H2,1-3H3,(H2,16,17). The Morgan fingerprint density at radius 3 is 2.25 bits per heavy atom. The second-order valence-corrected chi connectivity index (χ2v) is 4.62. The Hall–Kier alpha value is -2.11. The van der Waals surface area contributed by atoms with Gasteiger partial charge in [0.25, 0.3) is 0 Å². The van der Waals surface area contributed by atoms with Gasteiger partial charge < -0.3 is 15.8 Å². The summed E-state index contributed by atoms with van der Waals surface area (Å²) in [5, 5.41) is 11.9. The van der Waals surface area contributed by atoms with E-state index in [1.165, 1.54) is 29.2 Å². The SMILES string of the molecule is CCC(CC)(C(=O)N(C)c1ccc(F)cc1)C(N)=NO. The van der Waals surface area contributed by atoms with Crippen LogP contribution in [0.25, 0.3) is 0 Å². The number of hydrogen-bond donors (Lipinski definition) is 2. The lowest BCUT2D eigenvalue weighted by Crippen LogP contribution is -2.50. The van der Waals surface area contributed by atoms with E-state index >= 15 is 0 Å². The van der Waals surface area contributed by atoms with Gasteiger partial charge in [0, 0.05) is 12.7 Å². The zero-order valence-corrected chi connectivity index (χ0v) is 11.9. The molecule has 5 nitrogen and oxygen atoms in total. The minimum atomic E-state index is -1.06. The fourth-order valence-corrected chi connectivity index (χ4v) is 2.22. The minimum absolute atomic E-state index is 0.110. The Morgan fingerprint density at radius 1 is 1.35 bits per heavy atom. The van der Waals surface area contributed by atoms with Crippen molar-refractivity contribution in [3.63, 3.8) is 0 Å². The minimum Gasteiger partial charge on any atom is -0.409 e. The average Bonchev–Trinajstić information content (AvgIpc) is 2.48. The predicted molar refractivity (Wildman–Crippen MR) is 76.2 cm³/mol. The number of carbonyl (C=O) groups is 1. The van der Waals surface area contributed by atoms with Crippen LogP contribution in [0.15, 0.2) is 29.4 Å². The van der Waals surface area contributed by atoms with E-state index in [0.717, 1.165) is 0 Å². The van der Waals surface area contributed by atoms with E-state index in [1.54, 1.807) is 20.9 Å². The molecule has 1 aromatic rings. The Bertz CT molecular complexity index is 496. The summed E-state index contributed by atoms with van der Waals surface area (Å²) in [6, 6.07) is 5.58. The lowest BCUT2D eigenvalue weighted by atomic mass is 9.79. The predicted octanol–water partition coefficient (Wildman–Crippen LogP) is 2.34. The van der Waals surface area contributed by atoms with Gasteiger partial charge >= 0.3 is 0 Å². The van der Waals surface area contributed by atoms with Gasteiger partial charge in [-0.15, -0.1) is 0 Å². The normalized spacial score (nSPS) is 12.3. The highest BCUT2D eigenvalue weighted by Gasteiger charge is 2.42. The number of amidine groups is 1. The maximum absolute atomic E-state index is 12.9. The molecular formula is C14H20FN3O2. The molecule has 0 aliphatic carbocycles. The van der Waals surface area contributed by atoms with E-state index in [0.29, 0.717) is 18.5 Å². The van der Waals surface area contributed by atoms with Crippen LogP contribution >= 0.6 is 0 Å². The van der Waals surface area contributed by atoms with Crippen molar-refractivity contribution in [2.45, 2.75) is 26.7 Å². The third-order valence-electron chi connectivity index (χ3n) is 3.73. The highest BCUT2D eigenvalue weighted by atomic mass is 19.1. The molecule has 1 aromatic carbocycles. The summed E-state index contributed by atoms with van der Waals surface area (Å²) in [5.41, 5.74) is 5.20. The summed E-state index contributed by atoms with van der Waals surface area (Å²) in [6.07, 6.45) is 0.813. The summed E-state index contributed by atoms with van der Waals surface area (Å²) in [5.74, 6) is -0.769. The monoisotopic (exact) mass is 281 g/mol. The summed E-state index contributed by atoms with van der Waals surface area (Å²) in [4.78, 5) is 14.1. The highest BCUT2D eigenvalue weighted by Crippen LogP contribution is 2.31. The molecule has 1 amide bonds. The number of hydrogen-bond acceptors (Lipinski definition) is 3. The van der Waals surface area contributed by atoms with Crippen molar-refractivity contribution in [3.8, 4) is 0 Å². The van der Waals surface area contributed by atoms with Gasteiger partial charge in [-0.2, -0.15) is 0 Å². The van der Waals surface area contributed by atoms with Crippen LogP contribution in [0, 0.1) is 11.2 Å². The van der Waals surface area contributed by atoms with Crippen LogP contribution in [0.4, 0.5) is 10.1 Å². The summed E-state index contributed by atoms with van der Waals surface area (Å²) in [6.45, 7) is 3.61. The number of oxime groups is 1. The first-order chi connectivity index (χ1) is 9.42. The van der Waals surface area contributed by atoms with E-state index in [1.807, 2.05) is 0 Å². The highest BCUT2D eigenvalue weighted by molar-refractivity contribution is 6.12. The molecule has 0 unspecified atom stereocenters. The van der Waals surface area contributed by atoms with Crippen molar-refractivity contribution in [3.05, 3.63) is 30.1 Å². The van der Waals surface area contributed by atoms with Crippen LogP contribution in [0.2, 0.25) is 0 Å². The lowest BCUT2D eigenvalue weighted by Gasteiger charge is -2.33. The average molecular weight is 281 g/mol. The van der Waals surface area contributed by atoms with E-state index in [-0.39, 0.29) is 17.6 Å². The molecule has 0 spiro atoms. The fraction of sp³-hybridized carbons (Fsp3) is 0.429. The lowest BCUT2D eigenvalue weighted by molar-refractivity contribution is -0.125. The molecule has 0 bridgehead atoms. The van der Waals surface area contributed by atoms with E-state index < -0.39 is 5.41 Å². The summed E-state index contributed by atoms with van der Waals surface area (Å²) < 4.78 is 12.9. The summed E-state index contributed by atoms with van der Waals surface area (Å²) in [7, 11) is 1.58. The third kappa shape index (κ3) is 2.74. The van der Waals surface area contributed by atoms with Crippen molar-refractivity contribution in [2.24, 2.45) is 16.3 Å². The quantitative estimate of drug-likeness (QED) is 0.376. The van der Waals surface area contributed by atoms with E-state index in [4.69, 9.17) is 10.9 Å². The Balaban J connectivity index is 3.16. The van der Waals surface area contributed by atoms with Crippen LogP contribution in [0.3, 0.4) is 0 Å².